The van der Waals surface area contributed by atoms with E-state index in [1.807, 2.05) is 30.3 Å². The summed E-state index contributed by atoms with van der Waals surface area (Å²) < 4.78 is 54.3. The summed E-state index contributed by atoms with van der Waals surface area (Å²) in [5, 5.41) is 0. The van der Waals surface area contributed by atoms with Crippen LogP contribution in [0.5, 0.6) is 0 Å². The van der Waals surface area contributed by atoms with Gasteiger partial charge in [-0.05, 0) is 29.7 Å². The van der Waals surface area contributed by atoms with Gasteiger partial charge in [-0.1, -0.05) is 49.1 Å². The highest BCUT2D eigenvalue weighted by Gasteiger charge is 2.27. The van der Waals surface area contributed by atoms with Crippen LogP contribution >= 0.6 is 0 Å². The molecule has 0 aromatic heterocycles. The highest BCUT2D eigenvalue weighted by molar-refractivity contribution is 5.40. The lowest BCUT2D eigenvalue weighted by molar-refractivity contribution is 0.435. The molecular formula is C19H16F4. The lowest BCUT2D eigenvalue weighted by Crippen LogP contribution is -2.08. The normalized spacial score (nSPS) is 19.7. The number of benzene rings is 1. The molecule has 1 atom stereocenters. The SMILES string of the molecule is C=C/C=C(\C(F)=C/Cc1ccccc1)C1C=C(F)C(F)=C(F)C1. The monoisotopic (exact) mass is 320 g/mol. The Bertz CT molecular complexity index is 693. The van der Waals surface area contributed by atoms with E-state index in [0.29, 0.717) is 6.42 Å². The molecule has 23 heavy (non-hydrogen) atoms. The number of halogens is 4. The molecular weight excluding hydrogens is 304 g/mol. The third-order valence-electron chi connectivity index (χ3n) is 3.53. The quantitative estimate of drug-likeness (QED) is 0.446. The van der Waals surface area contributed by atoms with Crippen molar-refractivity contribution in [2.75, 3.05) is 0 Å². The van der Waals surface area contributed by atoms with E-state index in [-0.39, 0.29) is 5.57 Å². The molecule has 0 heterocycles. The summed E-state index contributed by atoms with van der Waals surface area (Å²) in [6, 6.07) is 9.22. The average Bonchev–Trinajstić information content (AvgIpc) is 2.56. The summed E-state index contributed by atoms with van der Waals surface area (Å²) in [7, 11) is 0. The molecule has 0 aliphatic heterocycles. The summed E-state index contributed by atoms with van der Waals surface area (Å²) in [6.45, 7) is 3.48. The molecule has 1 aromatic rings. The summed E-state index contributed by atoms with van der Waals surface area (Å²) in [4.78, 5) is 0. The van der Waals surface area contributed by atoms with Crippen LogP contribution in [-0.2, 0) is 6.42 Å². The van der Waals surface area contributed by atoms with Gasteiger partial charge in [0.2, 0.25) is 0 Å². The van der Waals surface area contributed by atoms with Crippen molar-refractivity contribution in [1.29, 1.82) is 0 Å². The molecule has 0 bridgehead atoms. The summed E-state index contributed by atoms with van der Waals surface area (Å²) in [5.41, 5.74) is 0.983. The van der Waals surface area contributed by atoms with Gasteiger partial charge in [0.05, 0.1) is 0 Å². The van der Waals surface area contributed by atoms with Crippen molar-refractivity contribution in [2.45, 2.75) is 12.8 Å². The molecule has 0 radical (unpaired) electrons. The van der Waals surface area contributed by atoms with Crippen molar-refractivity contribution in [3.05, 3.63) is 95.7 Å². The van der Waals surface area contributed by atoms with Crippen LogP contribution in [0.25, 0.3) is 0 Å². The maximum Gasteiger partial charge on any atom is 0.189 e. The van der Waals surface area contributed by atoms with Crippen molar-refractivity contribution in [1.82, 2.24) is 0 Å². The van der Waals surface area contributed by atoms with Gasteiger partial charge in [-0.2, -0.15) is 0 Å². The fourth-order valence-electron chi connectivity index (χ4n) is 2.37. The molecule has 1 aromatic carbocycles. The zero-order chi connectivity index (χ0) is 16.8. The van der Waals surface area contributed by atoms with Gasteiger partial charge >= 0.3 is 0 Å². The minimum atomic E-state index is -1.51. The molecule has 0 N–H and O–H groups in total. The van der Waals surface area contributed by atoms with E-state index in [4.69, 9.17) is 0 Å². The summed E-state index contributed by atoms with van der Waals surface area (Å²) in [5.74, 6) is -5.52. The number of allylic oxidation sites excluding steroid dienone is 9. The third-order valence-corrected chi connectivity index (χ3v) is 3.53. The fourth-order valence-corrected chi connectivity index (χ4v) is 2.37. The van der Waals surface area contributed by atoms with Gasteiger partial charge < -0.3 is 0 Å². The fraction of sp³-hybridized carbons (Fsp3) is 0.158. The van der Waals surface area contributed by atoms with Crippen LogP contribution in [0.15, 0.2) is 90.1 Å². The predicted octanol–water partition coefficient (Wildman–Crippen LogP) is 6.22. The minimum Gasteiger partial charge on any atom is -0.208 e. The van der Waals surface area contributed by atoms with Crippen LogP contribution in [0, 0.1) is 5.92 Å². The molecule has 0 saturated carbocycles. The molecule has 1 aliphatic rings. The first-order valence-corrected chi connectivity index (χ1v) is 7.17. The Hall–Kier alpha value is -2.36. The lowest BCUT2D eigenvalue weighted by Gasteiger charge is -2.19. The second-order valence-electron chi connectivity index (χ2n) is 5.14. The molecule has 120 valence electrons. The molecule has 0 spiro atoms. The van der Waals surface area contributed by atoms with E-state index in [1.165, 1.54) is 18.2 Å². The van der Waals surface area contributed by atoms with E-state index in [1.54, 1.807) is 0 Å². The predicted molar refractivity (Wildman–Crippen MR) is 84.2 cm³/mol. The Morgan fingerprint density at radius 3 is 2.48 bits per heavy atom. The van der Waals surface area contributed by atoms with Gasteiger partial charge in [0.25, 0.3) is 0 Å². The topological polar surface area (TPSA) is 0 Å². The van der Waals surface area contributed by atoms with E-state index in [9.17, 15) is 17.6 Å². The van der Waals surface area contributed by atoms with Crippen LogP contribution in [0.1, 0.15) is 12.0 Å². The number of hydrogen-bond acceptors (Lipinski definition) is 0. The van der Waals surface area contributed by atoms with E-state index in [0.717, 1.165) is 11.6 Å². The smallest absolute Gasteiger partial charge is 0.189 e. The Morgan fingerprint density at radius 1 is 1.17 bits per heavy atom. The Balaban J connectivity index is 2.22. The van der Waals surface area contributed by atoms with Crippen molar-refractivity contribution in [3.63, 3.8) is 0 Å². The van der Waals surface area contributed by atoms with E-state index in [2.05, 4.69) is 6.58 Å². The van der Waals surface area contributed by atoms with Crippen molar-refractivity contribution < 1.29 is 17.6 Å². The average molecular weight is 320 g/mol. The highest BCUT2D eigenvalue weighted by atomic mass is 19.2. The van der Waals surface area contributed by atoms with Crippen molar-refractivity contribution in [2.24, 2.45) is 5.92 Å². The van der Waals surface area contributed by atoms with Gasteiger partial charge in [-0.25, -0.2) is 17.6 Å². The second kappa shape index (κ2) is 7.77. The van der Waals surface area contributed by atoms with Gasteiger partial charge in [-0.15, -0.1) is 0 Å². The minimum absolute atomic E-state index is 0.0775. The maximum absolute atomic E-state index is 14.4. The molecule has 2 rings (SSSR count). The Morgan fingerprint density at radius 2 is 1.87 bits per heavy atom. The molecule has 0 nitrogen and oxygen atoms in total. The number of rotatable bonds is 5. The Labute approximate surface area is 132 Å². The Kier molecular flexibility index (Phi) is 5.74. The third kappa shape index (κ3) is 4.31. The first-order chi connectivity index (χ1) is 11.0. The van der Waals surface area contributed by atoms with Crippen LogP contribution in [-0.4, -0.2) is 0 Å². The molecule has 0 amide bonds. The number of hydrogen-bond donors (Lipinski definition) is 0. The zero-order valence-electron chi connectivity index (χ0n) is 12.4. The molecule has 0 saturated heterocycles. The van der Waals surface area contributed by atoms with Gasteiger partial charge in [0.15, 0.2) is 11.7 Å². The molecule has 4 heteroatoms. The standard InChI is InChI=1S/C19H16F4/c1-2-6-15(14-11-17(21)19(23)18(22)12-14)16(20)10-9-13-7-4-3-5-8-13/h2-8,10-11,14H,1,9,12H2/b15-6-,16-10+. The van der Waals surface area contributed by atoms with E-state index >= 15 is 0 Å². The van der Waals surface area contributed by atoms with E-state index < -0.39 is 35.6 Å². The van der Waals surface area contributed by atoms with Crippen LogP contribution in [0.3, 0.4) is 0 Å². The van der Waals surface area contributed by atoms with Crippen molar-refractivity contribution in [3.8, 4) is 0 Å². The zero-order valence-corrected chi connectivity index (χ0v) is 12.4. The van der Waals surface area contributed by atoms with Crippen LogP contribution in [0.4, 0.5) is 17.6 Å². The van der Waals surface area contributed by atoms with Crippen LogP contribution in [0.2, 0.25) is 0 Å². The summed E-state index contributed by atoms with van der Waals surface area (Å²) in [6.07, 6.45) is 4.84. The first-order valence-electron chi connectivity index (χ1n) is 7.17. The second-order valence-corrected chi connectivity index (χ2v) is 5.14. The molecule has 0 fully saturated rings. The molecule has 1 aliphatic carbocycles. The largest absolute Gasteiger partial charge is 0.208 e. The molecule has 1 unspecified atom stereocenters. The summed E-state index contributed by atoms with van der Waals surface area (Å²) >= 11 is 0. The van der Waals surface area contributed by atoms with Crippen molar-refractivity contribution >= 4 is 0 Å². The van der Waals surface area contributed by atoms with Gasteiger partial charge in [0, 0.05) is 12.3 Å². The van der Waals surface area contributed by atoms with Gasteiger partial charge in [-0.3, -0.25) is 0 Å². The maximum atomic E-state index is 14.4. The first kappa shape index (κ1) is 17.0. The van der Waals surface area contributed by atoms with Crippen LogP contribution < -0.4 is 0 Å². The lowest BCUT2D eigenvalue weighted by atomic mass is 9.89. The highest BCUT2D eigenvalue weighted by Crippen LogP contribution is 2.37. The van der Waals surface area contributed by atoms with Gasteiger partial charge in [0.1, 0.15) is 11.7 Å².